The minimum atomic E-state index is -0.0441. The third kappa shape index (κ3) is 4.09. The van der Waals surface area contributed by atoms with Gasteiger partial charge in [0.2, 0.25) is 0 Å². The van der Waals surface area contributed by atoms with E-state index in [2.05, 4.69) is 0 Å². The molecule has 0 amide bonds. The van der Waals surface area contributed by atoms with Crippen molar-refractivity contribution in [1.82, 2.24) is 0 Å². The van der Waals surface area contributed by atoms with Crippen LogP contribution in [0.15, 0.2) is 24.3 Å². The van der Waals surface area contributed by atoms with Gasteiger partial charge in [0.25, 0.3) is 0 Å². The maximum Gasteiger partial charge on any atom is 0.119 e. The molecule has 20 heavy (non-hydrogen) atoms. The van der Waals surface area contributed by atoms with Crippen LogP contribution in [0.1, 0.15) is 12.0 Å². The van der Waals surface area contributed by atoms with Gasteiger partial charge in [-0.05, 0) is 24.1 Å². The van der Waals surface area contributed by atoms with Crippen LogP contribution < -0.4 is 4.74 Å². The van der Waals surface area contributed by atoms with Crippen molar-refractivity contribution >= 4 is 11.6 Å². The maximum absolute atomic E-state index is 6.15. The van der Waals surface area contributed by atoms with Gasteiger partial charge in [0.05, 0.1) is 38.4 Å². The summed E-state index contributed by atoms with van der Waals surface area (Å²) in [5.74, 6) is 0.836. The molecule has 1 saturated carbocycles. The number of methoxy groups -OCH3 is 2. The van der Waals surface area contributed by atoms with Crippen LogP contribution >= 0.6 is 11.6 Å². The van der Waals surface area contributed by atoms with Crippen LogP contribution in [0.3, 0.4) is 0 Å². The van der Waals surface area contributed by atoms with Gasteiger partial charge in [-0.2, -0.15) is 0 Å². The van der Waals surface area contributed by atoms with Crippen LogP contribution in [0.4, 0.5) is 0 Å². The molecule has 5 heteroatoms. The van der Waals surface area contributed by atoms with Gasteiger partial charge in [-0.15, -0.1) is 11.6 Å². The molecule has 0 radical (unpaired) electrons. The van der Waals surface area contributed by atoms with Crippen LogP contribution in [0.25, 0.3) is 0 Å². The SMILES string of the molecule is COCCOC1C(Cl)CC1OCc1cccc(OC)c1. The van der Waals surface area contributed by atoms with Gasteiger partial charge in [0.1, 0.15) is 11.9 Å². The molecule has 0 aliphatic heterocycles. The van der Waals surface area contributed by atoms with Gasteiger partial charge in [0, 0.05) is 7.11 Å². The molecule has 3 atom stereocenters. The molecule has 1 fully saturated rings. The highest BCUT2D eigenvalue weighted by Gasteiger charge is 2.41. The van der Waals surface area contributed by atoms with Crippen LogP contribution in [-0.2, 0) is 20.8 Å². The summed E-state index contributed by atoms with van der Waals surface area (Å²) in [4.78, 5) is 0. The Morgan fingerprint density at radius 1 is 1.20 bits per heavy atom. The van der Waals surface area contributed by atoms with Crippen molar-refractivity contribution in [3.8, 4) is 5.75 Å². The Kier molecular flexibility index (Phi) is 6.10. The molecule has 4 nitrogen and oxygen atoms in total. The highest BCUT2D eigenvalue weighted by Crippen LogP contribution is 2.32. The van der Waals surface area contributed by atoms with E-state index in [0.717, 1.165) is 17.7 Å². The first kappa shape index (κ1) is 15.6. The van der Waals surface area contributed by atoms with Gasteiger partial charge < -0.3 is 18.9 Å². The fourth-order valence-electron chi connectivity index (χ4n) is 2.13. The summed E-state index contributed by atoms with van der Waals surface area (Å²) in [5.41, 5.74) is 1.08. The summed E-state index contributed by atoms with van der Waals surface area (Å²) in [5, 5.41) is 0.0298. The lowest BCUT2D eigenvalue weighted by molar-refractivity contribution is -0.135. The van der Waals surface area contributed by atoms with E-state index in [9.17, 15) is 0 Å². The summed E-state index contributed by atoms with van der Waals surface area (Å²) in [6.45, 7) is 1.65. The third-order valence-corrected chi connectivity index (χ3v) is 3.80. The average Bonchev–Trinajstić information content (AvgIpc) is 2.48. The zero-order valence-corrected chi connectivity index (χ0v) is 12.6. The Hall–Kier alpha value is -0.810. The molecule has 1 aliphatic carbocycles. The molecule has 1 aromatic carbocycles. The Morgan fingerprint density at radius 3 is 2.75 bits per heavy atom. The standard InChI is InChI=1S/C15H21ClO4/c1-17-6-7-19-15-13(16)9-14(15)20-10-11-4-3-5-12(8-11)18-2/h3-5,8,13-15H,6-7,9-10H2,1-2H3. The Balaban J connectivity index is 1.78. The zero-order valence-electron chi connectivity index (χ0n) is 11.9. The zero-order chi connectivity index (χ0) is 14.4. The fourth-order valence-corrected chi connectivity index (χ4v) is 2.55. The molecule has 1 aliphatic rings. The second-order valence-electron chi connectivity index (χ2n) is 4.78. The Bertz CT molecular complexity index is 413. The smallest absolute Gasteiger partial charge is 0.119 e. The van der Waals surface area contributed by atoms with Crippen molar-refractivity contribution in [3.05, 3.63) is 29.8 Å². The third-order valence-electron chi connectivity index (χ3n) is 3.38. The van der Waals surface area contributed by atoms with E-state index < -0.39 is 0 Å². The van der Waals surface area contributed by atoms with Crippen LogP contribution in [0.2, 0.25) is 0 Å². The second-order valence-corrected chi connectivity index (χ2v) is 5.34. The minimum Gasteiger partial charge on any atom is -0.497 e. The van der Waals surface area contributed by atoms with E-state index in [1.165, 1.54) is 0 Å². The molecule has 2 rings (SSSR count). The molecule has 0 saturated heterocycles. The van der Waals surface area contributed by atoms with E-state index in [1.807, 2.05) is 24.3 Å². The van der Waals surface area contributed by atoms with Crippen molar-refractivity contribution in [2.24, 2.45) is 0 Å². The lowest BCUT2D eigenvalue weighted by Gasteiger charge is -2.40. The van der Waals surface area contributed by atoms with E-state index >= 15 is 0 Å². The summed E-state index contributed by atoms with van der Waals surface area (Å²) >= 11 is 6.15. The van der Waals surface area contributed by atoms with Crippen LogP contribution in [0, 0.1) is 0 Å². The number of benzene rings is 1. The lowest BCUT2D eigenvalue weighted by atomic mass is 9.91. The van der Waals surface area contributed by atoms with Gasteiger partial charge >= 0.3 is 0 Å². The molecular formula is C15H21ClO4. The summed E-state index contributed by atoms with van der Waals surface area (Å²) < 4.78 is 21.7. The van der Waals surface area contributed by atoms with E-state index in [1.54, 1.807) is 14.2 Å². The lowest BCUT2D eigenvalue weighted by Crippen LogP contribution is -2.51. The van der Waals surface area contributed by atoms with Crippen molar-refractivity contribution in [2.75, 3.05) is 27.4 Å². The predicted molar refractivity (Wildman–Crippen MR) is 77.4 cm³/mol. The van der Waals surface area contributed by atoms with Gasteiger partial charge in [0.15, 0.2) is 0 Å². The summed E-state index contributed by atoms with van der Waals surface area (Å²) in [6, 6.07) is 7.85. The number of ether oxygens (including phenoxy) is 4. The van der Waals surface area contributed by atoms with Crippen molar-refractivity contribution in [1.29, 1.82) is 0 Å². The first-order valence-corrected chi connectivity index (χ1v) is 7.17. The molecule has 0 bridgehead atoms. The maximum atomic E-state index is 6.15. The van der Waals surface area contributed by atoms with E-state index in [-0.39, 0.29) is 17.6 Å². The van der Waals surface area contributed by atoms with Gasteiger partial charge in [-0.3, -0.25) is 0 Å². The van der Waals surface area contributed by atoms with Crippen molar-refractivity contribution < 1.29 is 18.9 Å². The molecule has 0 N–H and O–H groups in total. The topological polar surface area (TPSA) is 36.9 Å². The first-order valence-electron chi connectivity index (χ1n) is 6.73. The normalized spacial score (nSPS) is 25.2. The molecule has 112 valence electrons. The molecule has 0 heterocycles. The number of hydrogen-bond acceptors (Lipinski definition) is 4. The number of hydrogen-bond donors (Lipinski definition) is 0. The minimum absolute atomic E-state index is 0.0298. The predicted octanol–water partition coefficient (Wildman–Crippen LogP) is 2.62. The molecule has 1 aromatic rings. The highest BCUT2D eigenvalue weighted by atomic mass is 35.5. The quantitative estimate of drug-likeness (QED) is 0.546. The fraction of sp³-hybridized carbons (Fsp3) is 0.600. The van der Waals surface area contributed by atoms with Crippen LogP contribution in [0.5, 0.6) is 5.75 Å². The molecule has 0 aromatic heterocycles. The van der Waals surface area contributed by atoms with E-state index in [0.29, 0.717) is 19.8 Å². The number of alkyl halides is 1. The van der Waals surface area contributed by atoms with Gasteiger partial charge in [-0.1, -0.05) is 12.1 Å². The summed E-state index contributed by atoms with van der Waals surface area (Å²) in [7, 11) is 3.31. The van der Waals surface area contributed by atoms with Crippen molar-refractivity contribution in [2.45, 2.75) is 30.6 Å². The van der Waals surface area contributed by atoms with Crippen molar-refractivity contribution in [3.63, 3.8) is 0 Å². The Morgan fingerprint density at radius 2 is 2.05 bits per heavy atom. The largest absolute Gasteiger partial charge is 0.497 e. The average molecular weight is 301 g/mol. The van der Waals surface area contributed by atoms with Gasteiger partial charge in [-0.25, -0.2) is 0 Å². The molecule has 0 spiro atoms. The van der Waals surface area contributed by atoms with E-state index in [4.69, 9.17) is 30.5 Å². The van der Waals surface area contributed by atoms with Crippen LogP contribution in [-0.4, -0.2) is 45.0 Å². The molecule has 3 unspecified atom stereocenters. The Labute approximate surface area is 124 Å². The molecular weight excluding hydrogens is 280 g/mol. The highest BCUT2D eigenvalue weighted by molar-refractivity contribution is 6.21. The number of halogens is 1. The summed E-state index contributed by atoms with van der Waals surface area (Å²) in [6.07, 6.45) is 0.835. The first-order chi connectivity index (χ1) is 9.74. The second kappa shape index (κ2) is 7.84. The number of rotatable bonds is 8. The monoisotopic (exact) mass is 300 g/mol.